The summed E-state index contributed by atoms with van der Waals surface area (Å²) in [6.45, 7) is 2.93. The van der Waals surface area contributed by atoms with Gasteiger partial charge in [0.25, 0.3) is 0 Å². The maximum Gasteiger partial charge on any atom is 0.318 e. The fraction of sp³-hybridized carbons (Fsp3) is 0.364. The van der Waals surface area contributed by atoms with Gasteiger partial charge >= 0.3 is 6.03 Å². The van der Waals surface area contributed by atoms with Crippen molar-refractivity contribution in [3.8, 4) is 0 Å². The van der Waals surface area contributed by atoms with Gasteiger partial charge in [-0.05, 0) is 23.1 Å². The SMILES string of the molecule is O=C(CC[C@@H](COCc1ccccc1)NC(=O)[C@H](Cc1ccccc1)NC(=O)N1CCOCC1)NCc1ccccc1. The molecule has 9 heteroatoms. The molecule has 1 aliphatic rings. The number of nitrogens with zero attached hydrogens (tertiary/aromatic N) is 1. The number of rotatable bonds is 14. The summed E-state index contributed by atoms with van der Waals surface area (Å²) in [6, 6.07) is 27.5. The number of hydrogen-bond donors (Lipinski definition) is 3. The van der Waals surface area contributed by atoms with E-state index < -0.39 is 12.1 Å². The molecule has 9 nitrogen and oxygen atoms in total. The average molecular weight is 573 g/mol. The zero-order valence-corrected chi connectivity index (χ0v) is 23.9. The van der Waals surface area contributed by atoms with E-state index in [0.717, 1.165) is 16.7 Å². The van der Waals surface area contributed by atoms with E-state index in [1.807, 2.05) is 91.0 Å². The van der Waals surface area contributed by atoms with Crippen molar-refractivity contribution in [1.29, 1.82) is 0 Å². The summed E-state index contributed by atoms with van der Waals surface area (Å²) in [4.78, 5) is 41.0. The summed E-state index contributed by atoms with van der Waals surface area (Å²) < 4.78 is 11.3. The number of benzene rings is 3. The second kappa shape index (κ2) is 16.9. The Bertz CT molecular complexity index is 1240. The third-order valence-corrected chi connectivity index (χ3v) is 7.02. The normalized spacial score (nSPS) is 14.4. The Hall–Kier alpha value is -4.21. The monoisotopic (exact) mass is 572 g/mol. The van der Waals surface area contributed by atoms with Crippen LogP contribution in [0, 0.1) is 0 Å². The molecule has 1 fully saturated rings. The van der Waals surface area contributed by atoms with Crippen LogP contribution in [0.1, 0.15) is 29.5 Å². The van der Waals surface area contributed by atoms with Gasteiger partial charge in [-0.25, -0.2) is 4.79 Å². The molecule has 0 unspecified atom stereocenters. The number of hydrogen-bond acceptors (Lipinski definition) is 5. The van der Waals surface area contributed by atoms with E-state index in [4.69, 9.17) is 9.47 Å². The van der Waals surface area contributed by atoms with Crippen LogP contribution in [0.5, 0.6) is 0 Å². The third kappa shape index (κ3) is 10.6. The molecule has 0 spiro atoms. The summed E-state index contributed by atoms with van der Waals surface area (Å²) >= 11 is 0. The van der Waals surface area contributed by atoms with Gasteiger partial charge < -0.3 is 30.3 Å². The molecule has 2 atom stereocenters. The van der Waals surface area contributed by atoms with E-state index in [0.29, 0.717) is 52.3 Å². The molecule has 0 bridgehead atoms. The smallest absolute Gasteiger partial charge is 0.318 e. The Balaban J connectivity index is 1.39. The topological polar surface area (TPSA) is 109 Å². The first-order valence-electron chi connectivity index (χ1n) is 14.5. The van der Waals surface area contributed by atoms with Crippen LogP contribution in [0.15, 0.2) is 91.0 Å². The summed E-state index contributed by atoms with van der Waals surface area (Å²) in [7, 11) is 0. The molecule has 4 rings (SSSR count). The second-order valence-electron chi connectivity index (χ2n) is 10.3. The van der Waals surface area contributed by atoms with Crippen molar-refractivity contribution in [1.82, 2.24) is 20.9 Å². The predicted octanol–water partition coefficient (Wildman–Crippen LogP) is 3.44. The highest BCUT2D eigenvalue weighted by atomic mass is 16.5. The number of amides is 4. The minimum atomic E-state index is -0.800. The Morgan fingerprint density at radius 2 is 1.38 bits per heavy atom. The lowest BCUT2D eigenvalue weighted by Gasteiger charge is -2.30. The fourth-order valence-corrected chi connectivity index (χ4v) is 4.65. The molecule has 3 aromatic carbocycles. The number of morpholine rings is 1. The lowest BCUT2D eigenvalue weighted by atomic mass is 10.0. The molecule has 1 aliphatic heterocycles. The lowest BCUT2D eigenvalue weighted by molar-refractivity contribution is -0.125. The van der Waals surface area contributed by atoms with Crippen LogP contribution in [0.25, 0.3) is 0 Å². The Labute approximate surface area is 247 Å². The van der Waals surface area contributed by atoms with Gasteiger partial charge in [-0.3, -0.25) is 9.59 Å². The number of carbonyl (C=O) groups excluding carboxylic acids is 3. The molecule has 0 radical (unpaired) electrons. The molecular weight excluding hydrogens is 532 g/mol. The first-order chi connectivity index (χ1) is 20.6. The highest BCUT2D eigenvalue weighted by Crippen LogP contribution is 2.09. The molecule has 222 valence electrons. The molecule has 3 N–H and O–H groups in total. The van der Waals surface area contributed by atoms with Gasteiger partial charge in [0.1, 0.15) is 6.04 Å². The van der Waals surface area contributed by atoms with Crippen molar-refractivity contribution in [3.63, 3.8) is 0 Å². The summed E-state index contributed by atoms with van der Waals surface area (Å²) in [6.07, 6.45) is 0.935. The van der Waals surface area contributed by atoms with Crippen molar-refractivity contribution in [3.05, 3.63) is 108 Å². The fourth-order valence-electron chi connectivity index (χ4n) is 4.65. The number of ether oxygens (including phenoxy) is 2. The summed E-state index contributed by atoms with van der Waals surface area (Å²) in [5, 5.41) is 8.93. The van der Waals surface area contributed by atoms with Gasteiger partial charge in [0.2, 0.25) is 11.8 Å². The quantitative estimate of drug-likeness (QED) is 0.274. The summed E-state index contributed by atoms with van der Waals surface area (Å²) in [5.74, 6) is -0.430. The molecule has 0 saturated carbocycles. The highest BCUT2D eigenvalue weighted by molar-refractivity contribution is 5.87. The molecule has 0 aliphatic carbocycles. The van der Waals surface area contributed by atoms with E-state index in [-0.39, 0.29) is 30.9 Å². The van der Waals surface area contributed by atoms with Crippen molar-refractivity contribution >= 4 is 17.8 Å². The average Bonchev–Trinajstić information content (AvgIpc) is 3.04. The Kier molecular flexibility index (Phi) is 12.4. The first kappa shape index (κ1) is 30.7. The summed E-state index contributed by atoms with van der Waals surface area (Å²) in [5.41, 5.74) is 2.96. The van der Waals surface area contributed by atoms with Crippen LogP contribution in [0.2, 0.25) is 0 Å². The van der Waals surface area contributed by atoms with E-state index in [1.54, 1.807) is 4.90 Å². The van der Waals surface area contributed by atoms with Crippen LogP contribution in [0.3, 0.4) is 0 Å². The van der Waals surface area contributed by atoms with Crippen molar-refractivity contribution in [2.45, 2.75) is 44.5 Å². The van der Waals surface area contributed by atoms with Crippen molar-refractivity contribution in [2.75, 3.05) is 32.9 Å². The van der Waals surface area contributed by atoms with Gasteiger partial charge in [-0.15, -0.1) is 0 Å². The Morgan fingerprint density at radius 1 is 0.786 bits per heavy atom. The molecule has 42 heavy (non-hydrogen) atoms. The molecule has 0 aromatic heterocycles. The van der Waals surface area contributed by atoms with E-state index in [9.17, 15) is 14.4 Å². The van der Waals surface area contributed by atoms with Crippen LogP contribution in [0.4, 0.5) is 4.79 Å². The highest BCUT2D eigenvalue weighted by Gasteiger charge is 2.27. The van der Waals surface area contributed by atoms with Gasteiger partial charge in [0, 0.05) is 32.5 Å². The molecule has 1 saturated heterocycles. The molecule has 3 aromatic rings. The third-order valence-electron chi connectivity index (χ3n) is 7.02. The Morgan fingerprint density at radius 3 is 2.02 bits per heavy atom. The van der Waals surface area contributed by atoms with Crippen LogP contribution in [-0.2, 0) is 38.6 Å². The zero-order valence-electron chi connectivity index (χ0n) is 23.9. The lowest BCUT2D eigenvalue weighted by Crippen LogP contribution is -2.56. The van der Waals surface area contributed by atoms with Crippen molar-refractivity contribution < 1.29 is 23.9 Å². The predicted molar refractivity (Wildman–Crippen MR) is 160 cm³/mol. The largest absolute Gasteiger partial charge is 0.378 e. The molecule has 1 heterocycles. The standard InChI is InChI=1S/C33H40N4O5/c38-31(34-23-27-12-6-2-7-13-27)17-16-29(25-42-24-28-14-8-3-9-15-28)35-32(39)30(22-26-10-4-1-5-11-26)36-33(40)37-18-20-41-21-19-37/h1-15,29-30H,16-25H2,(H,34,38)(H,35,39)(H,36,40)/t29-,30-/m0/s1. The van der Waals surface area contributed by atoms with Crippen LogP contribution < -0.4 is 16.0 Å². The van der Waals surface area contributed by atoms with Crippen molar-refractivity contribution in [2.24, 2.45) is 0 Å². The van der Waals surface area contributed by atoms with Gasteiger partial charge in [-0.1, -0.05) is 91.0 Å². The van der Waals surface area contributed by atoms with Gasteiger partial charge in [0.15, 0.2) is 0 Å². The van der Waals surface area contributed by atoms with Gasteiger partial charge in [0.05, 0.1) is 32.5 Å². The van der Waals surface area contributed by atoms with E-state index >= 15 is 0 Å². The maximum atomic E-state index is 13.6. The van der Waals surface area contributed by atoms with E-state index in [1.165, 1.54) is 0 Å². The number of nitrogens with one attached hydrogen (secondary N) is 3. The zero-order chi connectivity index (χ0) is 29.4. The van der Waals surface area contributed by atoms with Crippen LogP contribution in [-0.4, -0.2) is 67.7 Å². The van der Waals surface area contributed by atoms with E-state index in [2.05, 4.69) is 16.0 Å². The molecular formula is C33H40N4O5. The number of carbonyl (C=O) groups is 3. The minimum Gasteiger partial charge on any atom is -0.378 e. The van der Waals surface area contributed by atoms with Crippen LogP contribution >= 0.6 is 0 Å². The van der Waals surface area contributed by atoms with Gasteiger partial charge in [-0.2, -0.15) is 0 Å². The number of urea groups is 1. The minimum absolute atomic E-state index is 0.109. The first-order valence-corrected chi connectivity index (χ1v) is 14.5. The maximum absolute atomic E-state index is 13.6. The molecule has 4 amide bonds. The second-order valence-corrected chi connectivity index (χ2v) is 10.3.